The van der Waals surface area contributed by atoms with Crippen LogP contribution in [-0.2, 0) is 0 Å². The average Bonchev–Trinajstić information content (AvgIpc) is 3.38. The topological polar surface area (TPSA) is 33.8 Å². The van der Waals surface area contributed by atoms with Crippen molar-refractivity contribution < 1.29 is 9.47 Å². The van der Waals surface area contributed by atoms with Crippen LogP contribution in [0.15, 0.2) is 77.8 Å². The van der Waals surface area contributed by atoms with Crippen LogP contribution in [0.25, 0.3) is 0 Å². The summed E-state index contributed by atoms with van der Waals surface area (Å²) in [6.07, 6.45) is -0.0595. The number of rotatable bonds is 5. The van der Waals surface area contributed by atoms with Gasteiger partial charge in [-0.1, -0.05) is 60.1 Å². The van der Waals surface area contributed by atoms with E-state index in [1.54, 1.807) is 14.2 Å². The van der Waals surface area contributed by atoms with Gasteiger partial charge >= 0.3 is 0 Å². The lowest BCUT2D eigenvalue weighted by atomic mass is 10.0. The molecule has 0 amide bonds. The van der Waals surface area contributed by atoms with E-state index in [4.69, 9.17) is 26.1 Å². The summed E-state index contributed by atoms with van der Waals surface area (Å²) in [5.41, 5.74) is 4.63. The van der Waals surface area contributed by atoms with Gasteiger partial charge in [-0.05, 0) is 41.0 Å². The van der Waals surface area contributed by atoms with Crippen molar-refractivity contribution in [2.24, 2.45) is 4.99 Å². The summed E-state index contributed by atoms with van der Waals surface area (Å²) in [4.78, 5) is 7.54. The number of hydrogen-bond donors (Lipinski definition) is 0. The van der Waals surface area contributed by atoms with Gasteiger partial charge in [0, 0.05) is 5.02 Å². The minimum atomic E-state index is -0.0595. The lowest BCUT2D eigenvalue weighted by Gasteiger charge is -2.16. The summed E-state index contributed by atoms with van der Waals surface area (Å²) in [6.45, 7) is 0. The number of halogens is 1. The predicted octanol–water partition coefficient (Wildman–Crippen LogP) is 5.28. The Kier molecular flexibility index (Phi) is 4.53. The predicted molar refractivity (Wildman–Crippen MR) is 115 cm³/mol. The molecule has 5 heteroatoms. The highest BCUT2D eigenvalue weighted by Gasteiger charge is 2.59. The Bertz CT molecular complexity index is 1070. The molecule has 1 saturated heterocycles. The van der Waals surface area contributed by atoms with Crippen molar-refractivity contribution in [1.82, 2.24) is 4.90 Å². The zero-order chi connectivity index (χ0) is 20.0. The van der Waals surface area contributed by atoms with Crippen LogP contribution >= 0.6 is 11.6 Å². The number of benzene rings is 3. The molecule has 0 N–H and O–H groups in total. The fourth-order valence-corrected chi connectivity index (χ4v) is 4.37. The van der Waals surface area contributed by atoms with Crippen molar-refractivity contribution in [3.63, 3.8) is 0 Å². The highest BCUT2D eigenvalue weighted by molar-refractivity contribution is 6.30. The maximum absolute atomic E-state index is 6.10. The number of ether oxygens (including phenoxy) is 2. The number of nitrogens with zero attached hydrogens (tertiary/aromatic N) is 2. The van der Waals surface area contributed by atoms with Crippen LogP contribution in [0.2, 0.25) is 5.02 Å². The van der Waals surface area contributed by atoms with Gasteiger partial charge in [0.1, 0.15) is 6.17 Å². The third kappa shape index (κ3) is 3.09. The van der Waals surface area contributed by atoms with Gasteiger partial charge in [-0.2, -0.15) is 0 Å². The van der Waals surface area contributed by atoms with E-state index in [2.05, 4.69) is 53.4 Å². The normalized spacial score (nSPS) is 24.6. The lowest BCUT2D eigenvalue weighted by Crippen LogP contribution is -2.08. The molecule has 0 aliphatic carbocycles. The summed E-state index contributed by atoms with van der Waals surface area (Å²) in [5.74, 6) is 1.44. The van der Waals surface area contributed by atoms with E-state index in [1.165, 1.54) is 5.56 Å². The maximum atomic E-state index is 6.10. The fourth-order valence-electron chi connectivity index (χ4n) is 4.25. The van der Waals surface area contributed by atoms with Crippen molar-refractivity contribution in [1.29, 1.82) is 0 Å². The molecule has 5 rings (SSSR count). The molecular formula is C24H21ClN2O2. The molecule has 3 aromatic carbocycles. The maximum Gasteiger partial charge on any atom is 0.161 e. The van der Waals surface area contributed by atoms with E-state index in [1.807, 2.05) is 24.3 Å². The second kappa shape index (κ2) is 7.21. The molecule has 0 spiro atoms. The van der Waals surface area contributed by atoms with Gasteiger partial charge in [0.05, 0.1) is 32.0 Å². The Hall–Kier alpha value is -2.82. The third-order valence-electron chi connectivity index (χ3n) is 5.66. The molecule has 4 atom stereocenters. The zero-order valence-electron chi connectivity index (χ0n) is 16.2. The molecule has 3 aromatic rings. The van der Waals surface area contributed by atoms with E-state index in [0.717, 1.165) is 33.4 Å². The van der Waals surface area contributed by atoms with Crippen LogP contribution in [0.4, 0.5) is 0 Å². The van der Waals surface area contributed by atoms with Crippen LogP contribution in [0.5, 0.6) is 11.5 Å². The fraction of sp³-hybridized carbons (Fsp3) is 0.208. The van der Waals surface area contributed by atoms with E-state index < -0.39 is 0 Å². The average molecular weight is 405 g/mol. The van der Waals surface area contributed by atoms with Crippen molar-refractivity contribution >= 4 is 17.3 Å². The van der Waals surface area contributed by atoms with Crippen LogP contribution in [0.3, 0.4) is 0 Å². The molecule has 4 nitrogen and oxygen atoms in total. The standard InChI is InChI=1S/C24H21ClN2O2/c1-28-19-13-10-17(14-20(19)29-2)24-26-21(15-8-11-18(25)12-9-15)23-22(27(23)24)16-6-4-3-5-7-16/h3-14,22-24H,1-2H3/t22-,23-,24+,27?/m0/s1. The Balaban J connectivity index is 1.57. The number of fused-ring (bicyclic) bond motifs is 1. The number of aliphatic imine (C=N–C) groups is 1. The van der Waals surface area contributed by atoms with E-state index >= 15 is 0 Å². The van der Waals surface area contributed by atoms with Gasteiger partial charge in [0.2, 0.25) is 0 Å². The zero-order valence-corrected chi connectivity index (χ0v) is 17.0. The first-order chi connectivity index (χ1) is 14.2. The van der Waals surface area contributed by atoms with Gasteiger partial charge in [0.15, 0.2) is 11.5 Å². The van der Waals surface area contributed by atoms with Crippen LogP contribution in [0, 0.1) is 0 Å². The highest BCUT2D eigenvalue weighted by Crippen LogP contribution is 2.56. The molecule has 2 aliphatic heterocycles. The Morgan fingerprint density at radius 1 is 0.793 bits per heavy atom. The summed E-state index contributed by atoms with van der Waals surface area (Å²) in [7, 11) is 3.31. The van der Waals surface area contributed by atoms with Crippen LogP contribution in [-0.4, -0.2) is 30.9 Å². The minimum absolute atomic E-state index is 0.0595. The third-order valence-corrected chi connectivity index (χ3v) is 5.91. The first kappa shape index (κ1) is 18.2. The Morgan fingerprint density at radius 3 is 2.21 bits per heavy atom. The van der Waals surface area contributed by atoms with Crippen molar-refractivity contribution in [2.45, 2.75) is 18.2 Å². The van der Waals surface area contributed by atoms with Gasteiger partial charge < -0.3 is 9.47 Å². The summed E-state index contributed by atoms with van der Waals surface area (Å²) < 4.78 is 10.9. The second-order valence-electron chi connectivity index (χ2n) is 7.26. The first-order valence-electron chi connectivity index (χ1n) is 9.59. The van der Waals surface area contributed by atoms with Crippen LogP contribution < -0.4 is 9.47 Å². The summed E-state index contributed by atoms with van der Waals surface area (Å²) >= 11 is 6.10. The largest absolute Gasteiger partial charge is 0.493 e. The smallest absolute Gasteiger partial charge is 0.161 e. The SMILES string of the molecule is COc1ccc([C@@H]2N=C(c3ccc(Cl)cc3)[C@H]3[C@H](c4ccccc4)N23)cc1OC. The Morgan fingerprint density at radius 2 is 1.52 bits per heavy atom. The van der Waals surface area contributed by atoms with Crippen molar-refractivity contribution in [2.75, 3.05) is 14.2 Å². The minimum Gasteiger partial charge on any atom is -0.493 e. The van der Waals surface area contributed by atoms with Gasteiger partial charge in [-0.25, -0.2) is 0 Å². The lowest BCUT2D eigenvalue weighted by molar-refractivity contribution is 0.351. The molecule has 2 heterocycles. The van der Waals surface area contributed by atoms with E-state index in [9.17, 15) is 0 Å². The van der Waals surface area contributed by atoms with Gasteiger partial charge in [0.25, 0.3) is 0 Å². The van der Waals surface area contributed by atoms with Crippen molar-refractivity contribution in [3.05, 3.63) is 94.5 Å². The molecule has 146 valence electrons. The Labute approximate surface area is 175 Å². The molecule has 0 radical (unpaired) electrons. The van der Waals surface area contributed by atoms with Gasteiger partial charge in [-0.3, -0.25) is 9.89 Å². The number of methoxy groups -OCH3 is 2. The molecule has 29 heavy (non-hydrogen) atoms. The quantitative estimate of drug-likeness (QED) is 0.542. The highest BCUT2D eigenvalue weighted by atomic mass is 35.5. The molecule has 1 fully saturated rings. The van der Waals surface area contributed by atoms with Crippen LogP contribution in [0.1, 0.15) is 28.9 Å². The van der Waals surface area contributed by atoms with E-state index in [-0.39, 0.29) is 12.2 Å². The molecular weight excluding hydrogens is 384 g/mol. The first-order valence-corrected chi connectivity index (χ1v) is 9.97. The van der Waals surface area contributed by atoms with Crippen molar-refractivity contribution in [3.8, 4) is 11.5 Å². The van der Waals surface area contributed by atoms with E-state index in [0.29, 0.717) is 6.04 Å². The van der Waals surface area contributed by atoms with Gasteiger partial charge in [-0.15, -0.1) is 0 Å². The second-order valence-corrected chi connectivity index (χ2v) is 7.69. The summed E-state index contributed by atoms with van der Waals surface area (Å²) in [6, 6.07) is 25.2. The number of hydrogen-bond acceptors (Lipinski definition) is 4. The monoisotopic (exact) mass is 404 g/mol. The molecule has 0 bridgehead atoms. The summed E-state index contributed by atoms with van der Waals surface area (Å²) in [5, 5.41) is 0.732. The molecule has 2 aliphatic rings. The molecule has 0 saturated carbocycles. The molecule has 1 unspecified atom stereocenters. The molecule has 0 aromatic heterocycles.